The summed E-state index contributed by atoms with van der Waals surface area (Å²) in [5.74, 6) is 0.381. The highest BCUT2D eigenvalue weighted by Gasteiger charge is 2.24. The molecule has 0 fully saturated rings. The standard InChI is InChI=1S/C11H19N3O2S/c1-5-12-10-9(7-6-8-13-10)17(15,16)14-11(2,3)4/h6-8,14H,5H2,1-4H3,(H,12,13). The topological polar surface area (TPSA) is 71.1 Å². The maximum atomic E-state index is 12.2. The lowest BCUT2D eigenvalue weighted by atomic mass is 10.1. The van der Waals surface area contributed by atoms with Crippen molar-refractivity contribution in [1.82, 2.24) is 9.71 Å². The first kappa shape index (κ1) is 13.9. The van der Waals surface area contributed by atoms with Crippen LogP contribution in [0.2, 0.25) is 0 Å². The first-order valence-corrected chi connectivity index (χ1v) is 6.97. The van der Waals surface area contributed by atoms with Crippen molar-refractivity contribution in [3.8, 4) is 0 Å². The second kappa shape index (κ2) is 5.01. The third-order valence-electron chi connectivity index (χ3n) is 1.84. The van der Waals surface area contributed by atoms with Crippen LogP contribution in [0.5, 0.6) is 0 Å². The van der Waals surface area contributed by atoms with Crippen molar-refractivity contribution in [2.45, 2.75) is 38.1 Å². The summed E-state index contributed by atoms with van der Waals surface area (Å²) in [6.07, 6.45) is 1.56. The van der Waals surface area contributed by atoms with Crippen LogP contribution < -0.4 is 10.0 Å². The molecular weight excluding hydrogens is 238 g/mol. The fourth-order valence-corrected chi connectivity index (χ4v) is 2.92. The number of nitrogens with zero attached hydrogens (tertiary/aromatic N) is 1. The summed E-state index contributed by atoms with van der Waals surface area (Å²) in [7, 11) is -3.55. The van der Waals surface area contributed by atoms with Gasteiger partial charge in [0.1, 0.15) is 10.7 Å². The maximum Gasteiger partial charge on any atom is 0.244 e. The number of pyridine rings is 1. The Kier molecular flexibility index (Phi) is 4.11. The third kappa shape index (κ3) is 3.98. The van der Waals surface area contributed by atoms with Crippen molar-refractivity contribution < 1.29 is 8.42 Å². The van der Waals surface area contributed by atoms with E-state index in [1.54, 1.807) is 39.1 Å². The molecule has 0 aromatic carbocycles. The van der Waals surface area contributed by atoms with Crippen LogP contribution in [0.3, 0.4) is 0 Å². The van der Waals surface area contributed by atoms with Crippen molar-refractivity contribution in [3.05, 3.63) is 18.3 Å². The molecule has 0 radical (unpaired) electrons. The zero-order valence-electron chi connectivity index (χ0n) is 10.6. The van der Waals surface area contributed by atoms with Gasteiger partial charge in [0.15, 0.2) is 0 Å². The van der Waals surface area contributed by atoms with Gasteiger partial charge >= 0.3 is 0 Å². The number of sulfonamides is 1. The number of hydrogen-bond donors (Lipinski definition) is 2. The van der Waals surface area contributed by atoms with Gasteiger partial charge in [0.05, 0.1) is 0 Å². The van der Waals surface area contributed by atoms with E-state index in [2.05, 4.69) is 15.0 Å². The van der Waals surface area contributed by atoms with E-state index in [0.29, 0.717) is 12.4 Å². The Hall–Kier alpha value is -1.14. The minimum atomic E-state index is -3.55. The summed E-state index contributed by atoms with van der Waals surface area (Å²) in [5, 5.41) is 2.94. The molecule has 0 spiro atoms. The highest BCUT2D eigenvalue weighted by Crippen LogP contribution is 2.19. The summed E-state index contributed by atoms with van der Waals surface area (Å²) < 4.78 is 26.9. The molecule has 0 aliphatic rings. The van der Waals surface area contributed by atoms with Crippen molar-refractivity contribution in [2.75, 3.05) is 11.9 Å². The van der Waals surface area contributed by atoms with Gasteiger partial charge in [-0.2, -0.15) is 0 Å². The summed E-state index contributed by atoms with van der Waals surface area (Å²) in [6, 6.07) is 3.15. The SMILES string of the molecule is CCNc1ncccc1S(=O)(=O)NC(C)(C)C. The first-order chi connectivity index (χ1) is 7.76. The van der Waals surface area contributed by atoms with Crippen LogP contribution >= 0.6 is 0 Å². The average molecular weight is 257 g/mol. The summed E-state index contributed by atoms with van der Waals surface area (Å²) in [4.78, 5) is 4.21. The van der Waals surface area contributed by atoms with E-state index in [1.807, 2.05) is 6.92 Å². The Labute approximate surface area is 103 Å². The zero-order valence-corrected chi connectivity index (χ0v) is 11.4. The molecule has 1 aromatic rings. The average Bonchev–Trinajstić information content (AvgIpc) is 2.15. The lowest BCUT2D eigenvalue weighted by Gasteiger charge is -2.21. The monoisotopic (exact) mass is 257 g/mol. The van der Waals surface area contributed by atoms with Crippen molar-refractivity contribution in [1.29, 1.82) is 0 Å². The molecule has 1 aromatic heterocycles. The first-order valence-electron chi connectivity index (χ1n) is 5.49. The Bertz CT molecular complexity index is 478. The molecule has 1 heterocycles. The lowest BCUT2D eigenvalue weighted by Crippen LogP contribution is -2.40. The smallest absolute Gasteiger partial charge is 0.244 e. The largest absolute Gasteiger partial charge is 0.369 e. The lowest BCUT2D eigenvalue weighted by molar-refractivity contribution is 0.491. The number of aromatic nitrogens is 1. The molecule has 0 unspecified atom stereocenters. The fraction of sp³-hybridized carbons (Fsp3) is 0.545. The van der Waals surface area contributed by atoms with Crippen LogP contribution in [0.1, 0.15) is 27.7 Å². The molecule has 96 valence electrons. The minimum Gasteiger partial charge on any atom is -0.369 e. The molecule has 1 rings (SSSR count). The third-order valence-corrected chi connectivity index (χ3v) is 3.63. The normalized spacial score (nSPS) is 12.5. The summed E-state index contributed by atoms with van der Waals surface area (Å²) in [6.45, 7) is 7.91. The van der Waals surface area contributed by atoms with Crippen molar-refractivity contribution in [3.63, 3.8) is 0 Å². The van der Waals surface area contributed by atoms with E-state index in [9.17, 15) is 8.42 Å². The summed E-state index contributed by atoms with van der Waals surface area (Å²) >= 11 is 0. The number of hydrogen-bond acceptors (Lipinski definition) is 4. The molecule has 2 N–H and O–H groups in total. The van der Waals surface area contributed by atoms with Gasteiger partial charge in [-0.3, -0.25) is 0 Å². The molecule has 0 saturated heterocycles. The van der Waals surface area contributed by atoms with E-state index in [1.165, 1.54) is 0 Å². The number of nitrogens with one attached hydrogen (secondary N) is 2. The zero-order chi connectivity index (χ0) is 13.1. The highest BCUT2D eigenvalue weighted by molar-refractivity contribution is 7.89. The minimum absolute atomic E-state index is 0.178. The molecule has 0 bridgehead atoms. The maximum absolute atomic E-state index is 12.2. The van der Waals surface area contributed by atoms with Gasteiger partial charge in [-0.05, 0) is 39.8 Å². The molecule has 0 amide bonds. The van der Waals surface area contributed by atoms with Crippen LogP contribution in [-0.2, 0) is 10.0 Å². The van der Waals surface area contributed by atoms with Gasteiger partial charge in [0.2, 0.25) is 10.0 Å². The Morgan fingerprint density at radius 2 is 2.00 bits per heavy atom. The Morgan fingerprint density at radius 3 is 2.53 bits per heavy atom. The summed E-state index contributed by atoms with van der Waals surface area (Å²) in [5.41, 5.74) is -0.516. The van der Waals surface area contributed by atoms with Gasteiger partial charge in [0.25, 0.3) is 0 Å². The molecule has 0 saturated carbocycles. The molecule has 17 heavy (non-hydrogen) atoms. The van der Waals surface area contributed by atoms with Gasteiger partial charge in [0, 0.05) is 18.3 Å². The number of anilines is 1. The molecule has 5 nitrogen and oxygen atoms in total. The van der Waals surface area contributed by atoms with E-state index in [0.717, 1.165) is 0 Å². The van der Waals surface area contributed by atoms with E-state index in [4.69, 9.17) is 0 Å². The van der Waals surface area contributed by atoms with Crippen molar-refractivity contribution in [2.24, 2.45) is 0 Å². The molecule has 0 aliphatic heterocycles. The number of rotatable bonds is 4. The second-order valence-corrected chi connectivity index (χ2v) is 6.39. The second-order valence-electron chi connectivity index (χ2n) is 4.74. The van der Waals surface area contributed by atoms with Crippen molar-refractivity contribution >= 4 is 15.8 Å². The van der Waals surface area contributed by atoms with E-state index >= 15 is 0 Å². The molecule has 6 heteroatoms. The van der Waals surface area contributed by atoms with Crippen LogP contribution in [-0.4, -0.2) is 25.5 Å². The van der Waals surface area contributed by atoms with Gasteiger partial charge in [-0.25, -0.2) is 18.1 Å². The fourth-order valence-electron chi connectivity index (χ4n) is 1.37. The van der Waals surface area contributed by atoms with Crippen LogP contribution in [0, 0.1) is 0 Å². The van der Waals surface area contributed by atoms with Gasteiger partial charge < -0.3 is 5.32 Å². The van der Waals surface area contributed by atoms with E-state index < -0.39 is 15.6 Å². The Balaban J connectivity index is 3.15. The molecule has 0 atom stereocenters. The predicted octanol–water partition coefficient (Wildman–Crippen LogP) is 1.59. The predicted molar refractivity (Wildman–Crippen MR) is 68.5 cm³/mol. The van der Waals surface area contributed by atoms with Gasteiger partial charge in [-0.15, -0.1) is 0 Å². The van der Waals surface area contributed by atoms with Crippen LogP contribution in [0.25, 0.3) is 0 Å². The van der Waals surface area contributed by atoms with E-state index in [-0.39, 0.29) is 4.90 Å². The highest BCUT2D eigenvalue weighted by atomic mass is 32.2. The van der Waals surface area contributed by atoms with Gasteiger partial charge in [-0.1, -0.05) is 0 Å². The quantitative estimate of drug-likeness (QED) is 0.859. The molecular formula is C11H19N3O2S. The molecule has 0 aliphatic carbocycles. The van der Waals surface area contributed by atoms with Crippen LogP contribution in [0.15, 0.2) is 23.2 Å². The van der Waals surface area contributed by atoms with Crippen LogP contribution in [0.4, 0.5) is 5.82 Å². The Morgan fingerprint density at radius 1 is 1.35 bits per heavy atom.